The Hall–Kier alpha value is -1.35. The van der Waals surface area contributed by atoms with Gasteiger partial charge in [0.25, 0.3) is 0 Å². The Morgan fingerprint density at radius 2 is 1.76 bits per heavy atom. The number of benzene rings is 1. The lowest BCUT2D eigenvalue weighted by molar-refractivity contribution is 0.0666. The number of ether oxygens (including phenoxy) is 1. The molecule has 4 aliphatic heterocycles. The van der Waals surface area contributed by atoms with Gasteiger partial charge in [-0.05, 0) is 75.4 Å². The lowest BCUT2D eigenvalue weighted by Crippen LogP contribution is -2.45. The van der Waals surface area contributed by atoms with Crippen LogP contribution in [0.2, 0.25) is 5.02 Å². The third kappa shape index (κ3) is 4.64. The van der Waals surface area contributed by atoms with E-state index in [2.05, 4.69) is 4.90 Å². The number of piperidine rings is 1. The highest BCUT2D eigenvalue weighted by Crippen LogP contribution is 2.47. The van der Waals surface area contributed by atoms with Gasteiger partial charge < -0.3 is 9.64 Å². The van der Waals surface area contributed by atoms with Gasteiger partial charge in [-0.15, -0.1) is 0 Å². The van der Waals surface area contributed by atoms with Crippen LogP contribution < -0.4 is 0 Å². The first-order valence-corrected chi connectivity index (χ1v) is 14.3. The number of sulfonamides is 1. The summed E-state index contributed by atoms with van der Waals surface area (Å²) in [5.74, 6) is 0. The number of halogens is 1. The number of carbonyl (C=O) groups is 1. The zero-order valence-electron chi connectivity index (χ0n) is 19.1. The second-order valence-electron chi connectivity index (χ2n) is 9.89. The molecule has 0 aliphatic carbocycles. The maximum absolute atomic E-state index is 13.2. The first-order chi connectivity index (χ1) is 15.9. The van der Waals surface area contributed by atoms with Gasteiger partial charge in [-0.3, -0.25) is 4.90 Å². The number of rotatable bonds is 3. The van der Waals surface area contributed by atoms with E-state index >= 15 is 0 Å². The second-order valence-corrected chi connectivity index (χ2v) is 12.1. The molecule has 1 unspecified atom stereocenters. The van der Waals surface area contributed by atoms with E-state index in [1.807, 2.05) is 0 Å². The van der Waals surface area contributed by atoms with E-state index in [1.165, 1.54) is 32.1 Å². The third-order valence-corrected chi connectivity index (χ3v) is 10.1. The van der Waals surface area contributed by atoms with E-state index in [1.54, 1.807) is 27.4 Å². The summed E-state index contributed by atoms with van der Waals surface area (Å²) in [6.45, 7) is 3.75. The van der Waals surface area contributed by atoms with Crippen molar-refractivity contribution in [2.45, 2.75) is 80.8 Å². The minimum absolute atomic E-state index is 0.0984. The van der Waals surface area contributed by atoms with Crippen LogP contribution in [0.4, 0.5) is 4.79 Å². The van der Waals surface area contributed by atoms with Crippen molar-refractivity contribution in [3.63, 3.8) is 0 Å². The molecule has 0 spiro atoms. The minimum atomic E-state index is -3.61. The van der Waals surface area contributed by atoms with Crippen molar-refractivity contribution in [1.29, 1.82) is 0 Å². The summed E-state index contributed by atoms with van der Waals surface area (Å²) in [7, 11) is -3.61. The van der Waals surface area contributed by atoms with Crippen molar-refractivity contribution >= 4 is 27.7 Å². The number of amides is 1. The molecule has 3 atom stereocenters. The van der Waals surface area contributed by atoms with Crippen LogP contribution in [0, 0.1) is 0 Å². The molecule has 0 radical (unpaired) electrons. The van der Waals surface area contributed by atoms with E-state index in [9.17, 15) is 13.2 Å². The lowest BCUT2D eigenvalue weighted by atomic mass is 9.94. The van der Waals surface area contributed by atoms with Crippen LogP contribution in [0.5, 0.6) is 0 Å². The van der Waals surface area contributed by atoms with Crippen molar-refractivity contribution in [3.05, 3.63) is 28.8 Å². The molecule has 0 saturated carbocycles. The summed E-state index contributed by atoms with van der Waals surface area (Å²) in [6, 6.07) is 4.85. The van der Waals surface area contributed by atoms with Crippen LogP contribution in [0.1, 0.15) is 69.4 Å². The third-order valence-electron chi connectivity index (χ3n) is 7.80. The summed E-state index contributed by atoms with van der Waals surface area (Å²) in [5, 5.41) is 0.544. The summed E-state index contributed by atoms with van der Waals surface area (Å²) in [4.78, 5) is 17.5. The molecule has 9 heteroatoms. The maximum Gasteiger partial charge on any atom is 0.409 e. The fourth-order valence-electron chi connectivity index (χ4n) is 6.10. The van der Waals surface area contributed by atoms with Gasteiger partial charge >= 0.3 is 6.09 Å². The number of nitrogens with zero attached hydrogens (tertiary/aromatic N) is 3. The maximum atomic E-state index is 13.2. The van der Waals surface area contributed by atoms with Crippen LogP contribution in [-0.2, 0) is 14.8 Å². The van der Waals surface area contributed by atoms with Gasteiger partial charge in [0.2, 0.25) is 10.0 Å². The SMILES string of the molecule is O=C(OC[C@H]1CCC[C@H]2c3cc(Cl)ccc3S(=O)(=O)N12)N1CCC(N2CCCCCCC2)C1. The summed E-state index contributed by atoms with van der Waals surface area (Å²) >= 11 is 6.15. The molecule has 33 heavy (non-hydrogen) atoms. The molecule has 5 rings (SSSR count). The van der Waals surface area contributed by atoms with Crippen LogP contribution in [-0.4, -0.2) is 73.5 Å². The Labute approximate surface area is 202 Å². The zero-order chi connectivity index (χ0) is 23.0. The zero-order valence-corrected chi connectivity index (χ0v) is 20.7. The number of fused-ring (bicyclic) bond motifs is 3. The molecule has 0 N–H and O–H groups in total. The monoisotopic (exact) mass is 495 g/mol. The first kappa shape index (κ1) is 23.4. The van der Waals surface area contributed by atoms with Crippen LogP contribution >= 0.6 is 11.6 Å². The van der Waals surface area contributed by atoms with Gasteiger partial charge in [0.15, 0.2) is 0 Å². The predicted molar refractivity (Wildman–Crippen MR) is 127 cm³/mol. The first-order valence-electron chi connectivity index (χ1n) is 12.4. The van der Waals surface area contributed by atoms with Gasteiger partial charge in [-0.25, -0.2) is 13.2 Å². The molecule has 1 aromatic carbocycles. The molecular weight excluding hydrogens is 462 g/mol. The van der Waals surface area contributed by atoms with Gasteiger partial charge in [0, 0.05) is 24.2 Å². The molecule has 1 amide bonds. The highest BCUT2D eigenvalue weighted by molar-refractivity contribution is 7.89. The van der Waals surface area contributed by atoms with Crippen molar-refractivity contribution < 1.29 is 17.9 Å². The normalized spacial score (nSPS) is 30.3. The van der Waals surface area contributed by atoms with E-state index in [0.29, 0.717) is 35.5 Å². The molecule has 0 bridgehead atoms. The molecular formula is C24H34ClN3O4S. The van der Waals surface area contributed by atoms with Crippen molar-refractivity contribution in [3.8, 4) is 0 Å². The molecule has 3 fully saturated rings. The molecule has 1 aromatic rings. The van der Waals surface area contributed by atoms with Crippen LogP contribution in [0.3, 0.4) is 0 Å². The van der Waals surface area contributed by atoms with Crippen LogP contribution in [0.15, 0.2) is 23.1 Å². The Morgan fingerprint density at radius 1 is 1.00 bits per heavy atom. The summed E-state index contributed by atoms with van der Waals surface area (Å²) < 4.78 is 33.7. The largest absolute Gasteiger partial charge is 0.448 e. The Balaban J connectivity index is 1.20. The highest BCUT2D eigenvalue weighted by Gasteiger charge is 2.48. The number of carbonyl (C=O) groups excluding carboxylic acids is 1. The number of likely N-dealkylation sites (tertiary alicyclic amines) is 2. The number of hydrogen-bond acceptors (Lipinski definition) is 5. The quantitative estimate of drug-likeness (QED) is 0.621. The van der Waals surface area contributed by atoms with Gasteiger partial charge in [0.1, 0.15) is 6.61 Å². The van der Waals surface area contributed by atoms with Gasteiger partial charge in [-0.1, -0.05) is 30.9 Å². The topological polar surface area (TPSA) is 70.2 Å². The summed E-state index contributed by atoms with van der Waals surface area (Å²) in [6.07, 6.45) is 9.43. The summed E-state index contributed by atoms with van der Waals surface area (Å²) in [5.41, 5.74) is 0.772. The average Bonchev–Trinajstić information content (AvgIpc) is 3.34. The fraction of sp³-hybridized carbons (Fsp3) is 0.708. The predicted octanol–water partition coefficient (Wildman–Crippen LogP) is 4.41. The molecule has 4 aliphatic rings. The van der Waals surface area contributed by atoms with Crippen molar-refractivity contribution in [2.75, 3.05) is 32.8 Å². The molecule has 7 nitrogen and oxygen atoms in total. The molecule has 3 saturated heterocycles. The van der Waals surface area contributed by atoms with E-state index in [0.717, 1.165) is 37.9 Å². The van der Waals surface area contributed by atoms with Gasteiger partial charge in [0.05, 0.1) is 17.0 Å². The highest BCUT2D eigenvalue weighted by atomic mass is 35.5. The molecule has 0 aromatic heterocycles. The van der Waals surface area contributed by atoms with Crippen LogP contribution in [0.25, 0.3) is 0 Å². The van der Waals surface area contributed by atoms with Gasteiger partial charge in [-0.2, -0.15) is 4.31 Å². The van der Waals surface area contributed by atoms with E-state index in [-0.39, 0.29) is 24.8 Å². The Bertz CT molecular complexity index is 980. The lowest BCUT2D eigenvalue weighted by Gasteiger charge is -2.36. The molecule has 182 valence electrons. The van der Waals surface area contributed by atoms with Crippen molar-refractivity contribution in [1.82, 2.24) is 14.1 Å². The fourth-order valence-corrected chi connectivity index (χ4v) is 8.35. The second kappa shape index (κ2) is 9.72. The van der Waals surface area contributed by atoms with Crippen molar-refractivity contribution in [2.24, 2.45) is 0 Å². The number of hydrogen-bond donors (Lipinski definition) is 0. The van der Waals surface area contributed by atoms with E-state index in [4.69, 9.17) is 16.3 Å². The van der Waals surface area contributed by atoms with E-state index < -0.39 is 10.0 Å². The smallest absolute Gasteiger partial charge is 0.409 e. The average molecular weight is 496 g/mol. The minimum Gasteiger partial charge on any atom is -0.448 e. The Kier molecular flexibility index (Phi) is 6.89. The molecule has 4 heterocycles. The Morgan fingerprint density at radius 3 is 2.55 bits per heavy atom. The standard InChI is InChI=1S/C24H34ClN3O4S/c25-18-9-10-23-21(15-18)22-8-6-7-20(28(22)33(23,30)31)17-32-24(29)27-14-11-19(16-27)26-12-4-2-1-3-5-13-26/h9-10,15,19-20,22H,1-8,11-14,16-17H2/t19?,20-,22+/m1/s1.